The van der Waals surface area contributed by atoms with Gasteiger partial charge in [-0.25, -0.2) is 12.8 Å². The Bertz CT molecular complexity index is 1430. The molecule has 0 spiro atoms. The number of carbonyl (C=O) groups is 2. The second kappa shape index (κ2) is 14.0. The predicted octanol–water partition coefficient (Wildman–Crippen LogP) is 5.58. The average Bonchev–Trinajstić information content (AvgIpc) is 2.98. The summed E-state index contributed by atoms with van der Waals surface area (Å²) in [5.74, 6) is -1.55. The van der Waals surface area contributed by atoms with Crippen molar-refractivity contribution in [2.75, 3.05) is 17.4 Å². The minimum atomic E-state index is -4.24. The van der Waals surface area contributed by atoms with Gasteiger partial charge in [0.15, 0.2) is 0 Å². The Hall–Kier alpha value is -3.43. The zero-order chi connectivity index (χ0) is 29.4. The molecule has 1 aliphatic rings. The van der Waals surface area contributed by atoms with Crippen molar-refractivity contribution < 1.29 is 22.4 Å². The van der Waals surface area contributed by atoms with Gasteiger partial charge in [0.2, 0.25) is 11.8 Å². The number of hydrogen-bond acceptors (Lipinski definition) is 4. The summed E-state index contributed by atoms with van der Waals surface area (Å²) in [7, 11) is -4.24. The first-order chi connectivity index (χ1) is 19.7. The fourth-order valence-corrected chi connectivity index (χ4v) is 6.63. The van der Waals surface area contributed by atoms with E-state index in [0.717, 1.165) is 48.0 Å². The first-order valence-electron chi connectivity index (χ1n) is 13.8. The molecule has 41 heavy (non-hydrogen) atoms. The van der Waals surface area contributed by atoms with E-state index < -0.39 is 34.3 Å². The van der Waals surface area contributed by atoms with Gasteiger partial charge in [-0.05, 0) is 62.1 Å². The zero-order valence-electron chi connectivity index (χ0n) is 23.0. The van der Waals surface area contributed by atoms with Gasteiger partial charge in [-0.3, -0.25) is 13.9 Å². The molecule has 4 rings (SSSR count). The second-order valence-electron chi connectivity index (χ2n) is 10.3. The van der Waals surface area contributed by atoms with Crippen molar-refractivity contribution in [2.45, 2.75) is 62.4 Å². The Morgan fingerprint density at radius 2 is 1.61 bits per heavy atom. The monoisotopic (exact) mass is 599 g/mol. The Labute approximate surface area is 246 Å². The molecule has 0 radical (unpaired) electrons. The summed E-state index contributed by atoms with van der Waals surface area (Å²) in [5.41, 5.74) is 1.01. The van der Waals surface area contributed by atoms with E-state index in [1.807, 2.05) is 30.3 Å². The van der Waals surface area contributed by atoms with Crippen LogP contribution in [0.3, 0.4) is 0 Å². The number of nitrogens with one attached hydrogen (secondary N) is 1. The number of amides is 2. The summed E-state index contributed by atoms with van der Waals surface area (Å²) < 4.78 is 42.5. The van der Waals surface area contributed by atoms with Crippen molar-refractivity contribution in [2.24, 2.45) is 0 Å². The van der Waals surface area contributed by atoms with E-state index in [-0.39, 0.29) is 34.1 Å². The molecule has 0 unspecified atom stereocenters. The quantitative estimate of drug-likeness (QED) is 0.312. The highest BCUT2D eigenvalue weighted by atomic mass is 35.5. The first kappa shape index (κ1) is 30.5. The molecular weight excluding hydrogens is 565 g/mol. The van der Waals surface area contributed by atoms with Crippen molar-refractivity contribution in [3.63, 3.8) is 0 Å². The predicted molar refractivity (Wildman–Crippen MR) is 159 cm³/mol. The van der Waals surface area contributed by atoms with E-state index in [4.69, 9.17) is 11.6 Å². The summed E-state index contributed by atoms with van der Waals surface area (Å²) in [5, 5.41) is 2.81. The van der Waals surface area contributed by atoms with Gasteiger partial charge in [-0.2, -0.15) is 0 Å². The number of anilines is 1. The summed E-state index contributed by atoms with van der Waals surface area (Å²) in [4.78, 5) is 28.7. The van der Waals surface area contributed by atoms with Gasteiger partial charge in [0.1, 0.15) is 18.4 Å². The lowest BCUT2D eigenvalue weighted by Gasteiger charge is -2.33. The summed E-state index contributed by atoms with van der Waals surface area (Å²) >= 11 is 6.01. The molecule has 0 aromatic heterocycles. The molecular formula is C31H35ClFN3O4S. The molecule has 7 nitrogen and oxygen atoms in total. The maximum Gasteiger partial charge on any atom is 0.264 e. The van der Waals surface area contributed by atoms with Crippen LogP contribution in [0.2, 0.25) is 5.02 Å². The van der Waals surface area contributed by atoms with Crippen molar-refractivity contribution in [3.05, 3.63) is 95.3 Å². The highest BCUT2D eigenvalue weighted by molar-refractivity contribution is 7.92. The third-order valence-corrected chi connectivity index (χ3v) is 9.48. The number of nitrogens with zero attached hydrogens (tertiary/aromatic N) is 2. The fraction of sp³-hybridized carbons (Fsp3) is 0.355. The zero-order valence-corrected chi connectivity index (χ0v) is 24.6. The summed E-state index contributed by atoms with van der Waals surface area (Å²) in [6.45, 7) is 1.26. The number of halogens is 2. The number of hydrogen-bond donors (Lipinski definition) is 1. The van der Waals surface area contributed by atoms with Crippen LogP contribution < -0.4 is 9.62 Å². The lowest BCUT2D eigenvalue weighted by molar-refractivity contribution is -0.139. The normalized spacial score (nSPS) is 14.7. The maximum absolute atomic E-state index is 14.0. The molecule has 1 aliphatic carbocycles. The van der Waals surface area contributed by atoms with Gasteiger partial charge in [0.25, 0.3) is 10.0 Å². The molecule has 3 aromatic carbocycles. The van der Waals surface area contributed by atoms with Gasteiger partial charge >= 0.3 is 0 Å². The van der Waals surface area contributed by atoms with Crippen LogP contribution in [0.15, 0.2) is 83.8 Å². The first-order valence-corrected chi connectivity index (χ1v) is 15.6. The van der Waals surface area contributed by atoms with Crippen LogP contribution in [0.4, 0.5) is 10.1 Å². The Morgan fingerprint density at radius 1 is 0.976 bits per heavy atom. The number of benzene rings is 3. The van der Waals surface area contributed by atoms with Gasteiger partial charge in [0, 0.05) is 12.6 Å². The van der Waals surface area contributed by atoms with Crippen LogP contribution in [-0.4, -0.2) is 50.3 Å². The molecule has 2 amide bonds. The van der Waals surface area contributed by atoms with Crippen molar-refractivity contribution in [3.8, 4) is 0 Å². The standard InChI is InChI=1S/C31H35ClFN3O4S/c1-23(31(38)34-25-13-7-3-8-14-25)35(20-19-24-11-5-2-6-12-24)30(37)22-36(26-17-18-29(33)28(32)21-26)41(39,40)27-15-9-4-10-16-27/h2,4-6,9-12,15-18,21,23,25H,3,7-8,13-14,19-20,22H2,1H3,(H,34,38)/t23-/m1/s1. The van der Waals surface area contributed by atoms with Gasteiger partial charge in [-0.1, -0.05) is 79.4 Å². The Morgan fingerprint density at radius 3 is 2.24 bits per heavy atom. The van der Waals surface area contributed by atoms with Crippen molar-refractivity contribution in [1.82, 2.24) is 10.2 Å². The number of carbonyl (C=O) groups excluding carboxylic acids is 2. The molecule has 0 heterocycles. The second-order valence-corrected chi connectivity index (χ2v) is 12.5. The van der Waals surface area contributed by atoms with Crippen molar-refractivity contribution >= 4 is 39.1 Å². The van der Waals surface area contributed by atoms with Crippen LogP contribution in [0, 0.1) is 5.82 Å². The number of rotatable bonds is 11. The van der Waals surface area contributed by atoms with E-state index in [1.54, 1.807) is 25.1 Å². The Balaban J connectivity index is 1.64. The van der Waals surface area contributed by atoms with Crippen LogP contribution in [-0.2, 0) is 26.0 Å². The smallest absolute Gasteiger partial charge is 0.264 e. The van der Waals surface area contributed by atoms with Crippen LogP contribution in [0.25, 0.3) is 0 Å². The topological polar surface area (TPSA) is 86.8 Å². The molecule has 218 valence electrons. The molecule has 1 N–H and O–H groups in total. The van der Waals surface area contributed by atoms with Gasteiger partial charge in [0.05, 0.1) is 15.6 Å². The highest BCUT2D eigenvalue weighted by Crippen LogP contribution is 2.28. The maximum atomic E-state index is 14.0. The van der Waals surface area contributed by atoms with Crippen molar-refractivity contribution in [1.29, 1.82) is 0 Å². The van der Waals surface area contributed by atoms with Gasteiger partial charge < -0.3 is 10.2 Å². The largest absolute Gasteiger partial charge is 0.352 e. The van der Waals surface area contributed by atoms with E-state index in [9.17, 15) is 22.4 Å². The minimum absolute atomic E-state index is 0.0350. The van der Waals surface area contributed by atoms with E-state index in [0.29, 0.717) is 6.42 Å². The third-order valence-electron chi connectivity index (χ3n) is 7.40. The molecule has 1 fully saturated rings. The lowest BCUT2D eigenvalue weighted by Crippen LogP contribution is -2.53. The Kier molecular flexibility index (Phi) is 10.4. The SMILES string of the molecule is C[C@H](C(=O)NC1CCCCC1)N(CCc1ccccc1)C(=O)CN(c1ccc(F)c(Cl)c1)S(=O)(=O)c1ccccc1. The van der Waals surface area contributed by atoms with E-state index in [2.05, 4.69) is 5.32 Å². The molecule has 0 bridgehead atoms. The van der Waals surface area contributed by atoms with Crippen LogP contribution in [0.5, 0.6) is 0 Å². The molecule has 0 aliphatic heterocycles. The minimum Gasteiger partial charge on any atom is -0.352 e. The average molecular weight is 600 g/mol. The summed E-state index contributed by atoms with van der Waals surface area (Å²) in [6.07, 6.45) is 5.49. The van der Waals surface area contributed by atoms with Crippen LogP contribution in [0.1, 0.15) is 44.6 Å². The molecule has 10 heteroatoms. The number of sulfonamides is 1. The van der Waals surface area contributed by atoms with E-state index >= 15 is 0 Å². The fourth-order valence-electron chi connectivity index (χ4n) is 5.03. The molecule has 3 aromatic rings. The van der Waals surface area contributed by atoms with Crippen LogP contribution >= 0.6 is 11.6 Å². The van der Waals surface area contributed by atoms with Gasteiger partial charge in [-0.15, -0.1) is 0 Å². The highest BCUT2D eigenvalue weighted by Gasteiger charge is 2.33. The summed E-state index contributed by atoms with van der Waals surface area (Å²) in [6, 6.07) is 20.0. The van der Waals surface area contributed by atoms with E-state index in [1.165, 1.54) is 29.2 Å². The molecule has 0 saturated heterocycles. The lowest BCUT2D eigenvalue weighted by atomic mass is 9.95. The molecule has 1 atom stereocenters. The third kappa shape index (κ3) is 7.86. The molecule has 1 saturated carbocycles.